The van der Waals surface area contributed by atoms with Gasteiger partial charge in [-0.15, -0.1) is 0 Å². The van der Waals surface area contributed by atoms with Crippen molar-refractivity contribution in [1.82, 2.24) is 9.80 Å². The van der Waals surface area contributed by atoms with Gasteiger partial charge < -0.3 is 14.7 Å². The van der Waals surface area contributed by atoms with Crippen LogP contribution in [0.3, 0.4) is 0 Å². The number of carbonyl (C=O) groups excluding carboxylic acids is 1. The van der Waals surface area contributed by atoms with Crippen LogP contribution in [0.25, 0.3) is 0 Å². The molecular formula is C20H31N3O3. The maximum absolute atomic E-state index is 13.1. The number of rotatable bonds is 5. The lowest BCUT2D eigenvalue weighted by atomic mass is 10.1. The lowest BCUT2D eigenvalue weighted by Crippen LogP contribution is -2.58. The number of methoxy groups -OCH3 is 1. The average molecular weight is 361 g/mol. The fourth-order valence-corrected chi connectivity index (χ4v) is 4.27. The SMILES string of the molecule is COc1ccccc1N1CCC(N2CCN(CC(C)(C)O)CC2C)C1=O. The first-order valence-corrected chi connectivity index (χ1v) is 9.45. The lowest BCUT2D eigenvalue weighted by Gasteiger charge is -2.43. The minimum atomic E-state index is -0.689. The minimum Gasteiger partial charge on any atom is -0.495 e. The van der Waals surface area contributed by atoms with E-state index in [1.807, 2.05) is 43.0 Å². The number of anilines is 1. The molecule has 0 radical (unpaired) electrons. The van der Waals surface area contributed by atoms with Crippen LogP contribution in [0.1, 0.15) is 27.2 Å². The quantitative estimate of drug-likeness (QED) is 0.863. The van der Waals surface area contributed by atoms with Gasteiger partial charge >= 0.3 is 0 Å². The Labute approximate surface area is 156 Å². The number of hydrogen-bond donors (Lipinski definition) is 1. The van der Waals surface area contributed by atoms with Crippen molar-refractivity contribution in [2.45, 2.75) is 44.9 Å². The normalized spacial score (nSPS) is 25.7. The Morgan fingerprint density at radius 3 is 2.62 bits per heavy atom. The molecular weight excluding hydrogens is 330 g/mol. The van der Waals surface area contributed by atoms with Crippen LogP contribution in [-0.4, -0.2) is 78.3 Å². The number of aliphatic hydroxyl groups is 1. The molecule has 0 spiro atoms. The van der Waals surface area contributed by atoms with Crippen molar-refractivity contribution < 1.29 is 14.6 Å². The molecule has 2 aliphatic rings. The number of piperazine rings is 1. The van der Waals surface area contributed by atoms with E-state index in [0.717, 1.165) is 44.0 Å². The van der Waals surface area contributed by atoms with E-state index < -0.39 is 5.60 Å². The van der Waals surface area contributed by atoms with Gasteiger partial charge in [-0.3, -0.25) is 14.6 Å². The molecule has 6 heteroatoms. The lowest BCUT2D eigenvalue weighted by molar-refractivity contribution is -0.123. The third kappa shape index (κ3) is 4.03. The fraction of sp³-hybridized carbons (Fsp3) is 0.650. The molecule has 2 unspecified atom stereocenters. The second-order valence-electron chi connectivity index (χ2n) is 8.10. The molecule has 2 saturated heterocycles. The van der Waals surface area contributed by atoms with E-state index in [0.29, 0.717) is 6.54 Å². The maximum Gasteiger partial charge on any atom is 0.244 e. The number of carbonyl (C=O) groups is 1. The van der Waals surface area contributed by atoms with Crippen molar-refractivity contribution in [2.75, 3.05) is 44.7 Å². The Bertz CT molecular complexity index is 643. The van der Waals surface area contributed by atoms with Crippen molar-refractivity contribution in [3.63, 3.8) is 0 Å². The fourth-order valence-electron chi connectivity index (χ4n) is 4.27. The molecule has 2 heterocycles. The predicted octanol–water partition coefficient (Wildman–Crippen LogP) is 1.58. The zero-order chi connectivity index (χ0) is 18.9. The summed E-state index contributed by atoms with van der Waals surface area (Å²) in [7, 11) is 1.64. The summed E-state index contributed by atoms with van der Waals surface area (Å²) in [6.07, 6.45) is 0.840. The second kappa shape index (κ2) is 7.55. The number of ether oxygens (including phenoxy) is 1. The van der Waals surface area contributed by atoms with Crippen molar-refractivity contribution in [2.24, 2.45) is 0 Å². The van der Waals surface area contributed by atoms with Crippen LogP contribution in [0.5, 0.6) is 5.75 Å². The third-order valence-electron chi connectivity index (χ3n) is 5.33. The smallest absolute Gasteiger partial charge is 0.244 e. The molecule has 2 atom stereocenters. The van der Waals surface area contributed by atoms with E-state index in [-0.39, 0.29) is 18.0 Å². The first-order valence-electron chi connectivity index (χ1n) is 9.45. The van der Waals surface area contributed by atoms with Gasteiger partial charge in [0.25, 0.3) is 0 Å². The molecule has 144 valence electrons. The van der Waals surface area contributed by atoms with Crippen LogP contribution in [0.15, 0.2) is 24.3 Å². The largest absolute Gasteiger partial charge is 0.495 e. The van der Waals surface area contributed by atoms with Crippen LogP contribution in [0, 0.1) is 0 Å². The maximum atomic E-state index is 13.1. The number of para-hydroxylation sites is 2. The second-order valence-corrected chi connectivity index (χ2v) is 8.10. The molecule has 0 aliphatic carbocycles. The molecule has 0 aromatic heterocycles. The Morgan fingerprint density at radius 1 is 1.23 bits per heavy atom. The standard InChI is InChI=1S/C20H31N3O3/c1-15-13-21(14-20(2,3)25)11-12-22(15)17-9-10-23(19(17)24)16-7-5-6-8-18(16)26-4/h5-8,15,17,25H,9-14H2,1-4H3. The van der Waals surface area contributed by atoms with Crippen LogP contribution in [-0.2, 0) is 4.79 Å². The van der Waals surface area contributed by atoms with Crippen LogP contribution in [0.4, 0.5) is 5.69 Å². The van der Waals surface area contributed by atoms with Gasteiger partial charge in [0.05, 0.1) is 24.4 Å². The van der Waals surface area contributed by atoms with E-state index >= 15 is 0 Å². The van der Waals surface area contributed by atoms with Crippen molar-refractivity contribution in [1.29, 1.82) is 0 Å². The number of β-amino-alcohol motifs (C(OH)–C–C–N with tert-alkyl or cyclic N) is 1. The molecule has 0 bridgehead atoms. The highest BCUT2D eigenvalue weighted by Crippen LogP contribution is 2.33. The zero-order valence-corrected chi connectivity index (χ0v) is 16.3. The van der Waals surface area contributed by atoms with E-state index in [4.69, 9.17) is 4.74 Å². The first-order chi connectivity index (χ1) is 12.3. The number of amides is 1. The minimum absolute atomic E-state index is 0.0702. The molecule has 1 aromatic rings. The van der Waals surface area contributed by atoms with E-state index in [9.17, 15) is 9.90 Å². The highest BCUT2D eigenvalue weighted by molar-refractivity contribution is 6.00. The van der Waals surface area contributed by atoms with Crippen LogP contribution < -0.4 is 9.64 Å². The first kappa shape index (κ1) is 19.1. The highest BCUT2D eigenvalue weighted by atomic mass is 16.5. The van der Waals surface area contributed by atoms with E-state index in [2.05, 4.69) is 16.7 Å². The van der Waals surface area contributed by atoms with Gasteiger partial charge in [0, 0.05) is 38.8 Å². The summed E-state index contributed by atoms with van der Waals surface area (Å²) in [5.41, 5.74) is 0.168. The van der Waals surface area contributed by atoms with Crippen LogP contribution in [0.2, 0.25) is 0 Å². The molecule has 26 heavy (non-hydrogen) atoms. The molecule has 1 aromatic carbocycles. The van der Waals surface area contributed by atoms with Gasteiger partial charge in [-0.1, -0.05) is 12.1 Å². The highest BCUT2D eigenvalue weighted by Gasteiger charge is 2.41. The predicted molar refractivity (Wildman–Crippen MR) is 103 cm³/mol. The van der Waals surface area contributed by atoms with Crippen molar-refractivity contribution >= 4 is 11.6 Å². The number of nitrogens with zero attached hydrogens (tertiary/aromatic N) is 3. The van der Waals surface area contributed by atoms with Gasteiger partial charge in [0.2, 0.25) is 5.91 Å². The third-order valence-corrected chi connectivity index (χ3v) is 5.33. The molecule has 0 saturated carbocycles. The van der Waals surface area contributed by atoms with E-state index in [1.165, 1.54) is 0 Å². The van der Waals surface area contributed by atoms with Crippen LogP contribution >= 0.6 is 0 Å². The summed E-state index contributed by atoms with van der Waals surface area (Å²) in [5.74, 6) is 0.904. The Kier molecular flexibility index (Phi) is 5.55. The Hall–Kier alpha value is -1.63. The van der Waals surface area contributed by atoms with Gasteiger partial charge in [-0.2, -0.15) is 0 Å². The Morgan fingerprint density at radius 2 is 1.96 bits per heavy atom. The monoisotopic (exact) mass is 361 g/mol. The summed E-state index contributed by atoms with van der Waals surface area (Å²) in [4.78, 5) is 19.6. The Balaban J connectivity index is 1.67. The zero-order valence-electron chi connectivity index (χ0n) is 16.3. The topological polar surface area (TPSA) is 56.3 Å². The molecule has 2 aliphatic heterocycles. The van der Waals surface area contributed by atoms with E-state index in [1.54, 1.807) is 7.11 Å². The molecule has 1 N–H and O–H groups in total. The van der Waals surface area contributed by atoms with Gasteiger partial charge in [-0.25, -0.2) is 0 Å². The summed E-state index contributed by atoms with van der Waals surface area (Å²) < 4.78 is 5.43. The number of hydrogen-bond acceptors (Lipinski definition) is 5. The molecule has 1 amide bonds. The number of benzene rings is 1. The summed E-state index contributed by atoms with van der Waals surface area (Å²) in [5, 5.41) is 10.1. The van der Waals surface area contributed by atoms with Gasteiger partial charge in [0.1, 0.15) is 5.75 Å². The van der Waals surface area contributed by atoms with Gasteiger partial charge in [-0.05, 0) is 39.3 Å². The summed E-state index contributed by atoms with van der Waals surface area (Å²) in [6, 6.07) is 7.93. The van der Waals surface area contributed by atoms with Gasteiger partial charge in [0.15, 0.2) is 0 Å². The molecule has 6 nitrogen and oxygen atoms in total. The van der Waals surface area contributed by atoms with Crippen molar-refractivity contribution in [3.05, 3.63) is 24.3 Å². The average Bonchev–Trinajstić information content (AvgIpc) is 2.95. The summed E-state index contributed by atoms with van der Waals surface area (Å²) >= 11 is 0. The molecule has 2 fully saturated rings. The summed E-state index contributed by atoms with van der Waals surface area (Å²) in [6.45, 7) is 9.86. The van der Waals surface area contributed by atoms with Crippen molar-refractivity contribution in [3.8, 4) is 5.75 Å². The molecule has 3 rings (SSSR count).